The van der Waals surface area contributed by atoms with Gasteiger partial charge in [0, 0.05) is 20.2 Å². The summed E-state index contributed by atoms with van der Waals surface area (Å²) in [6.45, 7) is 2.39. The summed E-state index contributed by atoms with van der Waals surface area (Å²) in [5, 5.41) is 6.73. The first-order valence-electron chi connectivity index (χ1n) is 8.84. The van der Waals surface area contributed by atoms with Crippen LogP contribution in [0, 0.1) is 6.92 Å². The maximum Gasteiger partial charge on any atom is 0.339 e. The van der Waals surface area contributed by atoms with Crippen molar-refractivity contribution in [2.45, 2.75) is 13.5 Å². The number of carbonyl (C=O) groups excluding carboxylic acids is 1. The number of para-hydroxylation sites is 1. The van der Waals surface area contributed by atoms with Crippen LogP contribution in [0.25, 0.3) is 0 Å². The van der Waals surface area contributed by atoms with Crippen LogP contribution >= 0.6 is 31.9 Å². The lowest BCUT2D eigenvalue weighted by atomic mass is 10.2. The molecule has 3 rings (SSSR count). The van der Waals surface area contributed by atoms with E-state index in [-0.39, 0.29) is 0 Å². The number of hydrogen-bond donors (Lipinski definition) is 2. The minimum absolute atomic E-state index is 0.393. The summed E-state index contributed by atoms with van der Waals surface area (Å²) in [5.74, 6) is 0.752. The largest absolute Gasteiger partial charge is 0.489 e. The summed E-state index contributed by atoms with van der Waals surface area (Å²) in [6, 6.07) is 20.6. The second-order valence-corrected chi connectivity index (χ2v) is 8.00. The topological polar surface area (TPSA) is 62.7 Å². The Balaban J connectivity index is 1.49. The molecule has 0 bridgehead atoms. The second-order valence-electron chi connectivity index (χ2n) is 6.23. The SMILES string of the molecule is Cc1ccccc1NC(=O)N/N=C/c1ccc(OCc2ccc(Br)cc2Br)cc1. The van der Waals surface area contributed by atoms with Crippen LogP contribution < -0.4 is 15.5 Å². The fraction of sp³-hybridized carbons (Fsp3) is 0.0909. The van der Waals surface area contributed by atoms with E-state index in [0.717, 1.165) is 37.1 Å². The zero-order valence-electron chi connectivity index (χ0n) is 15.7. The summed E-state index contributed by atoms with van der Waals surface area (Å²) >= 11 is 6.97. The van der Waals surface area contributed by atoms with Crippen LogP contribution in [0.5, 0.6) is 5.75 Å². The molecule has 0 spiro atoms. The second kappa shape index (κ2) is 10.2. The number of ether oxygens (including phenoxy) is 1. The third-order valence-electron chi connectivity index (χ3n) is 4.06. The molecule has 0 aromatic heterocycles. The summed E-state index contributed by atoms with van der Waals surface area (Å²) in [7, 11) is 0. The Morgan fingerprint density at radius 2 is 1.83 bits per heavy atom. The fourth-order valence-corrected chi connectivity index (χ4v) is 3.64. The maximum absolute atomic E-state index is 11.9. The van der Waals surface area contributed by atoms with E-state index >= 15 is 0 Å². The Bertz CT molecular complexity index is 1020. The van der Waals surface area contributed by atoms with Gasteiger partial charge in [-0.15, -0.1) is 0 Å². The van der Waals surface area contributed by atoms with Gasteiger partial charge in [0.25, 0.3) is 0 Å². The molecule has 0 saturated carbocycles. The number of anilines is 1. The third-order valence-corrected chi connectivity index (χ3v) is 5.29. The average Bonchev–Trinajstić information content (AvgIpc) is 2.70. The molecule has 0 radical (unpaired) electrons. The van der Waals surface area contributed by atoms with Gasteiger partial charge in [-0.25, -0.2) is 10.2 Å². The zero-order chi connectivity index (χ0) is 20.6. The Kier molecular flexibility index (Phi) is 7.43. The van der Waals surface area contributed by atoms with Crippen molar-refractivity contribution in [2.75, 3.05) is 5.32 Å². The molecular formula is C22H19Br2N3O2. The molecule has 2 amide bonds. The zero-order valence-corrected chi connectivity index (χ0v) is 18.8. The number of rotatable bonds is 6. The van der Waals surface area contributed by atoms with Crippen LogP contribution in [-0.4, -0.2) is 12.2 Å². The lowest BCUT2D eigenvalue weighted by molar-refractivity contribution is 0.252. The van der Waals surface area contributed by atoms with E-state index in [1.54, 1.807) is 6.21 Å². The normalized spacial score (nSPS) is 10.7. The van der Waals surface area contributed by atoms with Gasteiger partial charge >= 0.3 is 6.03 Å². The number of nitrogens with zero attached hydrogens (tertiary/aromatic N) is 1. The first-order chi connectivity index (χ1) is 14.0. The number of carbonyl (C=O) groups is 1. The van der Waals surface area contributed by atoms with Gasteiger partial charge in [-0.3, -0.25) is 0 Å². The van der Waals surface area contributed by atoms with Crippen molar-refractivity contribution < 1.29 is 9.53 Å². The molecule has 3 aromatic rings. The smallest absolute Gasteiger partial charge is 0.339 e. The summed E-state index contributed by atoms with van der Waals surface area (Å²) in [5.41, 5.74) is 6.09. The van der Waals surface area contributed by atoms with Crippen LogP contribution in [0.2, 0.25) is 0 Å². The first-order valence-corrected chi connectivity index (χ1v) is 10.4. The van der Waals surface area contributed by atoms with E-state index in [1.165, 1.54) is 0 Å². The van der Waals surface area contributed by atoms with Crippen LogP contribution in [0.15, 0.2) is 80.8 Å². The fourth-order valence-electron chi connectivity index (χ4n) is 2.48. The monoisotopic (exact) mass is 515 g/mol. The molecule has 0 aliphatic carbocycles. The third kappa shape index (κ3) is 6.44. The molecule has 0 aliphatic heterocycles. The van der Waals surface area contributed by atoms with Crippen molar-refractivity contribution in [2.24, 2.45) is 5.10 Å². The molecule has 0 heterocycles. The number of halogens is 2. The standard InChI is InChI=1S/C22H19Br2N3O2/c1-15-4-2-3-5-21(15)26-22(28)27-25-13-16-6-10-19(11-7-16)29-14-17-8-9-18(23)12-20(17)24/h2-13H,14H2,1H3,(H2,26,27,28)/b25-13+. The van der Waals surface area contributed by atoms with E-state index < -0.39 is 6.03 Å². The Morgan fingerprint density at radius 3 is 2.55 bits per heavy atom. The Morgan fingerprint density at radius 1 is 1.07 bits per heavy atom. The van der Waals surface area contributed by atoms with E-state index in [0.29, 0.717) is 6.61 Å². The van der Waals surface area contributed by atoms with Crippen molar-refractivity contribution in [1.82, 2.24) is 5.43 Å². The van der Waals surface area contributed by atoms with Gasteiger partial charge < -0.3 is 10.1 Å². The minimum atomic E-state index is -0.393. The quantitative estimate of drug-likeness (QED) is 0.300. The maximum atomic E-state index is 11.9. The van der Waals surface area contributed by atoms with E-state index in [2.05, 4.69) is 47.7 Å². The molecule has 0 fully saturated rings. The Labute approximate surface area is 186 Å². The van der Waals surface area contributed by atoms with Crippen LogP contribution in [0.4, 0.5) is 10.5 Å². The minimum Gasteiger partial charge on any atom is -0.489 e. The first kappa shape index (κ1) is 21.1. The van der Waals surface area contributed by atoms with E-state index in [9.17, 15) is 4.79 Å². The predicted octanol–water partition coefficient (Wildman–Crippen LogP) is 6.25. The highest BCUT2D eigenvalue weighted by atomic mass is 79.9. The van der Waals surface area contributed by atoms with Gasteiger partial charge in [0.05, 0.1) is 6.21 Å². The molecule has 148 valence electrons. The lowest BCUT2D eigenvalue weighted by Crippen LogP contribution is -2.24. The number of aryl methyl sites for hydroxylation is 1. The van der Waals surface area contributed by atoms with Crippen molar-refractivity contribution in [3.8, 4) is 5.75 Å². The van der Waals surface area contributed by atoms with E-state index in [1.807, 2.05) is 73.7 Å². The molecule has 2 N–H and O–H groups in total. The van der Waals surface area contributed by atoms with Crippen molar-refractivity contribution >= 4 is 49.8 Å². The molecule has 7 heteroatoms. The number of nitrogens with one attached hydrogen (secondary N) is 2. The van der Waals surface area contributed by atoms with Gasteiger partial charge in [0.15, 0.2) is 0 Å². The molecule has 0 unspecified atom stereocenters. The lowest BCUT2D eigenvalue weighted by Gasteiger charge is -2.08. The summed E-state index contributed by atoms with van der Waals surface area (Å²) in [6.07, 6.45) is 1.58. The molecule has 3 aromatic carbocycles. The molecule has 29 heavy (non-hydrogen) atoms. The molecular weight excluding hydrogens is 498 g/mol. The van der Waals surface area contributed by atoms with Crippen molar-refractivity contribution in [1.29, 1.82) is 0 Å². The number of hydrazone groups is 1. The van der Waals surface area contributed by atoms with Crippen LogP contribution in [0.1, 0.15) is 16.7 Å². The molecule has 0 saturated heterocycles. The van der Waals surface area contributed by atoms with Crippen molar-refractivity contribution in [3.63, 3.8) is 0 Å². The van der Waals surface area contributed by atoms with Gasteiger partial charge in [0.1, 0.15) is 12.4 Å². The van der Waals surface area contributed by atoms with Crippen LogP contribution in [0.3, 0.4) is 0 Å². The number of benzene rings is 3. The van der Waals surface area contributed by atoms with Gasteiger partial charge in [-0.2, -0.15) is 5.10 Å². The summed E-state index contributed by atoms with van der Waals surface area (Å²) in [4.78, 5) is 11.9. The molecule has 0 aliphatic rings. The highest BCUT2D eigenvalue weighted by Gasteiger charge is 2.03. The van der Waals surface area contributed by atoms with Gasteiger partial charge in [-0.1, -0.05) is 56.1 Å². The van der Waals surface area contributed by atoms with Gasteiger partial charge in [-0.05, 0) is 60.5 Å². The van der Waals surface area contributed by atoms with Crippen molar-refractivity contribution in [3.05, 3.63) is 92.4 Å². The Hall–Kier alpha value is -2.64. The highest BCUT2D eigenvalue weighted by molar-refractivity contribution is 9.11. The highest BCUT2D eigenvalue weighted by Crippen LogP contribution is 2.23. The molecule has 5 nitrogen and oxygen atoms in total. The van der Waals surface area contributed by atoms with Gasteiger partial charge in [0.2, 0.25) is 0 Å². The predicted molar refractivity (Wildman–Crippen MR) is 124 cm³/mol. The number of amides is 2. The summed E-state index contributed by atoms with van der Waals surface area (Å²) < 4.78 is 7.82. The van der Waals surface area contributed by atoms with Crippen LogP contribution in [-0.2, 0) is 6.61 Å². The van der Waals surface area contributed by atoms with E-state index in [4.69, 9.17) is 4.74 Å². The molecule has 0 atom stereocenters. The number of urea groups is 1. The number of hydrogen-bond acceptors (Lipinski definition) is 3. The average molecular weight is 517 g/mol.